The number of aryl methyl sites for hydroxylation is 1. The highest BCUT2D eigenvalue weighted by atomic mass is 35.5. The third kappa shape index (κ3) is 6.50. The maximum absolute atomic E-state index is 10.5. The number of hydrogen-bond donors (Lipinski definition) is 3. The Kier molecular flexibility index (Phi) is 7.25. The average Bonchev–Trinajstić information content (AvgIpc) is 2.49. The molecule has 6 heteroatoms. The molecule has 0 saturated heterocycles. The number of aliphatic hydroxyl groups is 1. The van der Waals surface area contributed by atoms with Gasteiger partial charge >= 0.3 is 6.09 Å². The summed E-state index contributed by atoms with van der Waals surface area (Å²) in [6.07, 6.45) is -0.924. The number of ether oxygens (including phenoxy) is 1. The molecule has 0 fully saturated rings. The molecule has 0 saturated carbocycles. The van der Waals surface area contributed by atoms with Crippen LogP contribution in [0.2, 0.25) is 5.02 Å². The van der Waals surface area contributed by atoms with Crippen LogP contribution in [0.1, 0.15) is 23.6 Å². The molecule has 5 nitrogen and oxygen atoms in total. The van der Waals surface area contributed by atoms with Crippen LogP contribution in [0, 0.1) is 12.3 Å². The van der Waals surface area contributed by atoms with Gasteiger partial charge in [0.25, 0.3) is 0 Å². The van der Waals surface area contributed by atoms with Gasteiger partial charge in [-0.05, 0) is 37.1 Å². The third-order valence-electron chi connectivity index (χ3n) is 2.84. The number of rotatable bonds is 3. The first-order valence-electron chi connectivity index (χ1n) is 6.82. The molecule has 122 valence electrons. The third-order valence-corrected chi connectivity index (χ3v) is 3.15. The van der Waals surface area contributed by atoms with Crippen LogP contribution in [0.25, 0.3) is 0 Å². The Balaban J connectivity index is 0.000000253. The minimum atomic E-state index is -0.924. The van der Waals surface area contributed by atoms with Crippen LogP contribution in [-0.4, -0.2) is 16.9 Å². The molecule has 0 heterocycles. The molecule has 0 aliphatic carbocycles. The summed E-state index contributed by atoms with van der Waals surface area (Å²) in [6.45, 7) is 3.78. The molecule has 0 bridgehead atoms. The predicted molar refractivity (Wildman–Crippen MR) is 91.3 cm³/mol. The molecule has 1 amide bonds. The van der Waals surface area contributed by atoms with Crippen molar-refractivity contribution in [3.63, 3.8) is 0 Å². The lowest BCUT2D eigenvalue weighted by Crippen LogP contribution is -2.16. The lowest BCUT2D eigenvalue weighted by molar-refractivity contribution is 0.211. The van der Waals surface area contributed by atoms with Gasteiger partial charge in [0.1, 0.15) is 0 Å². The first-order chi connectivity index (χ1) is 10.8. The first kappa shape index (κ1) is 18.7. The number of carbonyl (C=O) groups excluding carboxylic acids is 1. The van der Waals surface area contributed by atoms with E-state index in [-0.39, 0.29) is 17.4 Å². The van der Waals surface area contributed by atoms with Gasteiger partial charge in [0.05, 0.1) is 11.6 Å². The van der Waals surface area contributed by atoms with E-state index < -0.39 is 6.09 Å². The predicted octanol–water partition coefficient (Wildman–Crippen LogP) is 3.67. The lowest BCUT2D eigenvalue weighted by atomic mass is 10.1. The van der Waals surface area contributed by atoms with Gasteiger partial charge in [0.15, 0.2) is 5.75 Å². The number of primary amides is 1. The second-order valence-corrected chi connectivity index (χ2v) is 5.25. The van der Waals surface area contributed by atoms with E-state index in [0.717, 1.165) is 5.56 Å². The Morgan fingerprint density at radius 2 is 2.00 bits per heavy atom. The lowest BCUT2D eigenvalue weighted by Gasteiger charge is -2.05. The Labute approximate surface area is 140 Å². The number of benzene rings is 2. The summed E-state index contributed by atoms with van der Waals surface area (Å²) in [6, 6.07) is 12.5. The molecular formula is C17H19ClN2O3. The summed E-state index contributed by atoms with van der Waals surface area (Å²) >= 11 is 5.74. The normalized spacial score (nSPS) is 9.57. The van der Waals surface area contributed by atoms with Gasteiger partial charge < -0.3 is 21.0 Å². The summed E-state index contributed by atoms with van der Waals surface area (Å²) in [7, 11) is 0. The van der Waals surface area contributed by atoms with Crippen molar-refractivity contribution in [1.82, 2.24) is 0 Å². The molecule has 4 N–H and O–H groups in total. The van der Waals surface area contributed by atoms with Crippen LogP contribution in [0.15, 0.2) is 42.5 Å². The van der Waals surface area contributed by atoms with E-state index in [1.165, 1.54) is 11.6 Å². The highest BCUT2D eigenvalue weighted by Gasteiger charge is 2.06. The summed E-state index contributed by atoms with van der Waals surface area (Å²) in [4.78, 5) is 10.5. The minimum Gasteiger partial charge on any atom is -0.409 e. The summed E-state index contributed by atoms with van der Waals surface area (Å²) in [5.74, 6) is 0.170. The van der Waals surface area contributed by atoms with Crippen LogP contribution < -0.4 is 10.5 Å². The highest BCUT2D eigenvalue weighted by Crippen LogP contribution is 2.25. The summed E-state index contributed by atoms with van der Waals surface area (Å²) < 4.78 is 4.65. The zero-order valence-corrected chi connectivity index (χ0v) is 13.7. The SMILES string of the molecule is CC(=N)c1ccc(Cl)c(OC(N)=O)c1.Cc1cccc(CO)c1. The van der Waals surface area contributed by atoms with E-state index in [2.05, 4.69) is 4.74 Å². The van der Waals surface area contributed by atoms with Gasteiger partial charge in [-0.15, -0.1) is 0 Å². The van der Waals surface area contributed by atoms with E-state index in [1.807, 2.05) is 31.2 Å². The standard InChI is InChI=1S/C9H9ClN2O2.C8H10O/c1-5(11)6-2-3-7(10)8(4-6)14-9(12)13;1-7-3-2-4-8(5-7)6-9/h2-4,11H,1H3,(H2,12,13);2-5,9H,6H2,1H3. The van der Waals surface area contributed by atoms with Crippen molar-refractivity contribution in [3.05, 3.63) is 64.2 Å². The number of halogens is 1. The van der Waals surface area contributed by atoms with Crippen molar-refractivity contribution < 1.29 is 14.6 Å². The van der Waals surface area contributed by atoms with Crippen LogP contribution >= 0.6 is 11.6 Å². The Bertz CT molecular complexity index is 702. The molecule has 2 aromatic carbocycles. The van der Waals surface area contributed by atoms with E-state index in [1.54, 1.807) is 19.1 Å². The number of nitrogens with one attached hydrogen (secondary N) is 1. The second kappa shape index (κ2) is 8.92. The molecular weight excluding hydrogens is 316 g/mol. The fourth-order valence-corrected chi connectivity index (χ4v) is 1.89. The zero-order valence-electron chi connectivity index (χ0n) is 13.0. The van der Waals surface area contributed by atoms with Gasteiger partial charge in [-0.25, -0.2) is 4.79 Å². The van der Waals surface area contributed by atoms with Crippen molar-refractivity contribution in [2.45, 2.75) is 20.5 Å². The van der Waals surface area contributed by atoms with E-state index >= 15 is 0 Å². The first-order valence-corrected chi connectivity index (χ1v) is 7.20. The quantitative estimate of drug-likeness (QED) is 0.747. The van der Waals surface area contributed by atoms with Crippen molar-refractivity contribution in [2.75, 3.05) is 0 Å². The van der Waals surface area contributed by atoms with Gasteiger partial charge in [-0.1, -0.05) is 47.5 Å². The van der Waals surface area contributed by atoms with Gasteiger partial charge in [-0.3, -0.25) is 0 Å². The molecule has 0 spiro atoms. The molecule has 0 atom stereocenters. The number of hydrogen-bond acceptors (Lipinski definition) is 4. The monoisotopic (exact) mass is 334 g/mol. The van der Waals surface area contributed by atoms with Crippen molar-refractivity contribution >= 4 is 23.4 Å². The topological polar surface area (TPSA) is 96.4 Å². The molecule has 0 aliphatic heterocycles. The molecule has 2 rings (SSSR count). The summed E-state index contributed by atoms with van der Waals surface area (Å²) in [5, 5.41) is 16.3. The zero-order chi connectivity index (χ0) is 17.4. The van der Waals surface area contributed by atoms with Crippen molar-refractivity contribution in [1.29, 1.82) is 5.41 Å². The van der Waals surface area contributed by atoms with Crippen molar-refractivity contribution in [3.8, 4) is 5.75 Å². The largest absolute Gasteiger partial charge is 0.410 e. The fraction of sp³-hybridized carbons (Fsp3) is 0.176. The number of nitrogens with two attached hydrogens (primary N) is 1. The minimum absolute atomic E-state index is 0.141. The number of amides is 1. The Morgan fingerprint density at radius 3 is 2.48 bits per heavy atom. The van der Waals surface area contributed by atoms with Crippen LogP contribution in [0.4, 0.5) is 4.79 Å². The Morgan fingerprint density at radius 1 is 1.30 bits per heavy atom. The number of carbonyl (C=O) groups is 1. The molecule has 2 aromatic rings. The molecule has 0 radical (unpaired) electrons. The van der Waals surface area contributed by atoms with E-state index in [9.17, 15) is 4.79 Å². The van der Waals surface area contributed by atoms with E-state index in [4.69, 9.17) is 27.9 Å². The van der Waals surface area contributed by atoms with Gasteiger partial charge in [-0.2, -0.15) is 0 Å². The maximum Gasteiger partial charge on any atom is 0.410 e. The maximum atomic E-state index is 10.5. The van der Waals surface area contributed by atoms with Gasteiger partial charge in [0.2, 0.25) is 0 Å². The van der Waals surface area contributed by atoms with Crippen LogP contribution in [-0.2, 0) is 6.61 Å². The molecule has 23 heavy (non-hydrogen) atoms. The average molecular weight is 335 g/mol. The molecule has 0 unspecified atom stereocenters. The highest BCUT2D eigenvalue weighted by molar-refractivity contribution is 6.32. The van der Waals surface area contributed by atoms with Gasteiger partial charge in [0, 0.05) is 5.71 Å². The van der Waals surface area contributed by atoms with Crippen LogP contribution in [0.5, 0.6) is 5.75 Å². The van der Waals surface area contributed by atoms with Crippen LogP contribution in [0.3, 0.4) is 0 Å². The van der Waals surface area contributed by atoms with Crippen molar-refractivity contribution in [2.24, 2.45) is 5.73 Å². The Hall–Kier alpha value is -2.37. The second-order valence-electron chi connectivity index (χ2n) is 4.84. The fourth-order valence-electron chi connectivity index (χ4n) is 1.73. The molecule has 0 aliphatic rings. The smallest absolute Gasteiger partial charge is 0.409 e. The van der Waals surface area contributed by atoms with E-state index in [0.29, 0.717) is 11.3 Å². The summed E-state index contributed by atoms with van der Waals surface area (Å²) in [5.41, 5.74) is 8.01. The molecule has 0 aromatic heterocycles. The number of aliphatic hydroxyl groups excluding tert-OH is 1.